The van der Waals surface area contributed by atoms with Gasteiger partial charge in [0.25, 0.3) is 0 Å². The van der Waals surface area contributed by atoms with Gasteiger partial charge in [-0.25, -0.2) is 0 Å². The van der Waals surface area contributed by atoms with Crippen LogP contribution < -0.4 is 0 Å². The van der Waals surface area contributed by atoms with E-state index in [1.165, 1.54) is 36.4 Å². The quantitative estimate of drug-likeness (QED) is 0.0736. The molecule has 0 unspecified atom stereocenters. The molecule has 5 aromatic heterocycles. The Bertz CT molecular complexity index is 3890. The molecule has 5 nitrogen and oxygen atoms in total. The van der Waals surface area contributed by atoms with E-state index >= 15 is 0 Å². The molecular weight excluding hydrogens is 1030 g/mol. The van der Waals surface area contributed by atoms with E-state index in [9.17, 15) is 28.5 Å². The van der Waals surface area contributed by atoms with E-state index in [0.717, 1.165) is 63.5 Å². The largest absolute Gasteiger partial charge is 3.00 e. The fourth-order valence-electron chi connectivity index (χ4n) is 8.24. The van der Waals surface area contributed by atoms with E-state index in [1.807, 2.05) is 59.1 Å². The van der Waals surface area contributed by atoms with Gasteiger partial charge in [-0.2, -0.15) is 5.10 Å². The summed E-state index contributed by atoms with van der Waals surface area (Å²) >= 11 is 0. The standard InChI is InChI=1S/C58H36F4N5.Ir/c59-42-20-22-46(50(61)31-42)52-24-18-36(33-63-52)14-16-38-28-39(17-15-37-19-25-53(64-34-37)47-23-21-43(60)32-51(47)62)30-41(29-38)44-10-4-5-11-45(44)49-35-65-58-48-12-6-7-13-54(48)67-55(26-27-66-67)57(58)56(49)40-8-2-1-3-9-40;/h1-11,13,18-21,24-35H,14-17H2;/q-3;+3/i14D2,15D2,16D2,17D2;. The van der Waals surface area contributed by atoms with E-state index in [2.05, 4.69) is 33.3 Å². The number of nitrogens with zero attached hydrogens (tertiary/aromatic N) is 5. The molecule has 11 aromatic rings. The molecule has 0 atom stereocenters. The van der Waals surface area contributed by atoms with E-state index in [0.29, 0.717) is 34.3 Å². The topological polar surface area (TPSA) is 56.0 Å². The van der Waals surface area contributed by atoms with Gasteiger partial charge in [-0.1, -0.05) is 126 Å². The zero-order chi connectivity index (χ0) is 52.6. The van der Waals surface area contributed by atoms with Crippen molar-refractivity contribution < 1.29 is 48.6 Å². The Hall–Kier alpha value is -7.65. The summed E-state index contributed by atoms with van der Waals surface area (Å²) in [6.45, 7) is 0. The van der Waals surface area contributed by atoms with Crippen molar-refractivity contribution in [3.63, 3.8) is 0 Å². The monoisotopic (exact) mass is 1080 g/mol. The molecule has 0 saturated carbocycles. The van der Waals surface area contributed by atoms with Gasteiger partial charge in [0.1, 0.15) is 0 Å². The fourth-order valence-corrected chi connectivity index (χ4v) is 8.24. The third-order valence-electron chi connectivity index (χ3n) is 11.3. The molecule has 68 heavy (non-hydrogen) atoms. The van der Waals surface area contributed by atoms with Crippen molar-refractivity contribution in [3.8, 4) is 55.9 Å². The minimum Gasteiger partial charge on any atom is -0.304 e. The molecule has 0 bridgehead atoms. The van der Waals surface area contributed by atoms with Crippen LogP contribution in [0.5, 0.6) is 0 Å². The second-order valence-electron chi connectivity index (χ2n) is 15.5. The summed E-state index contributed by atoms with van der Waals surface area (Å²) in [5, 5.41) is 6.15. The number of benzene rings is 6. The van der Waals surface area contributed by atoms with Crippen LogP contribution in [0.2, 0.25) is 0 Å². The molecule has 0 amide bonds. The molecule has 5 heterocycles. The van der Waals surface area contributed by atoms with Crippen LogP contribution in [0.25, 0.3) is 83.2 Å². The molecule has 0 N–H and O–H groups in total. The predicted molar refractivity (Wildman–Crippen MR) is 255 cm³/mol. The molecular formula is C58H36F4IrN5. The van der Waals surface area contributed by atoms with Gasteiger partial charge in [0, 0.05) is 70.1 Å². The van der Waals surface area contributed by atoms with Gasteiger partial charge in [-0.05, 0) is 104 Å². The van der Waals surface area contributed by atoms with E-state index in [-0.39, 0.29) is 70.4 Å². The number of pyridine rings is 4. The Morgan fingerprint density at radius 2 is 1.12 bits per heavy atom. The van der Waals surface area contributed by atoms with Crippen LogP contribution in [0, 0.1) is 41.5 Å². The van der Waals surface area contributed by atoms with Crippen molar-refractivity contribution in [1.82, 2.24) is 24.6 Å². The Labute approximate surface area is 414 Å². The molecule has 330 valence electrons. The molecule has 0 spiro atoms. The zero-order valence-corrected chi connectivity index (χ0v) is 37.6. The minimum absolute atomic E-state index is 0. The maximum atomic E-state index is 14.8. The first-order valence-electron chi connectivity index (χ1n) is 24.9. The minimum atomic E-state index is -3.03. The van der Waals surface area contributed by atoms with Crippen LogP contribution >= 0.6 is 0 Å². The van der Waals surface area contributed by atoms with E-state index < -0.39 is 48.8 Å². The average molecular weight is 1080 g/mol. The van der Waals surface area contributed by atoms with Crippen LogP contribution in [-0.2, 0) is 45.6 Å². The number of halogens is 4. The first kappa shape index (κ1) is 35.5. The molecule has 10 heteroatoms. The number of hydrogen-bond acceptors (Lipinski definition) is 4. The van der Waals surface area contributed by atoms with Crippen LogP contribution in [0.1, 0.15) is 33.2 Å². The molecule has 0 aliphatic rings. The fraction of sp³-hybridized carbons (Fsp3) is 0.0690. The van der Waals surface area contributed by atoms with Crippen LogP contribution in [-0.4, -0.2) is 24.6 Å². The smallest absolute Gasteiger partial charge is 0.304 e. The van der Waals surface area contributed by atoms with Crippen molar-refractivity contribution in [2.45, 2.75) is 25.5 Å². The Balaban J connectivity index is 0.00000657. The molecule has 0 fully saturated rings. The van der Waals surface area contributed by atoms with Crippen molar-refractivity contribution in [2.24, 2.45) is 0 Å². The van der Waals surface area contributed by atoms with E-state index in [1.54, 1.807) is 36.7 Å². The van der Waals surface area contributed by atoms with Crippen molar-refractivity contribution >= 4 is 27.3 Å². The molecule has 6 aromatic carbocycles. The predicted octanol–water partition coefficient (Wildman–Crippen LogP) is 13.7. The Kier molecular flexibility index (Phi) is 9.88. The number of aromatic nitrogens is 5. The maximum absolute atomic E-state index is 14.8. The van der Waals surface area contributed by atoms with Gasteiger partial charge in [0.15, 0.2) is 0 Å². The SMILES string of the molecule is [2H]C([2H])(c1ccc(-c2[c-]cc(F)cc2F)nc1)C([2H])([2H])c1cc(-c2ccccc2-c2cnc3c4[c-]cccc4n4nccc4c3c2-c2ccccc2)cc(C([2H])([2H])C([2H])([2H])c2ccc(-c3[c-]cc(F)cc3F)nc2)c1.[Ir+3]. The summed E-state index contributed by atoms with van der Waals surface area (Å²) in [6.07, 6.45) is -6.46. The summed E-state index contributed by atoms with van der Waals surface area (Å²) in [4.78, 5) is 13.5. The van der Waals surface area contributed by atoms with Crippen molar-refractivity contribution in [2.75, 3.05) is 0 Å². The third kappa shape index (κ3) is 8.60. The second-order valence-corrected chi connectivity index (χ2v) is 15.5. The summed E-state index contributed by atoms with van der Waals surface area (Å²) in [5.74, 6) is -3.64. The molecule has 0 aliphatic carbocycles. The first-order valence-corrected chi connectivity index (χ1v) is 20.9. The molecule has 0 aliphatic heterocycles. The van der Waals surface area contributed by atoms with Crippen LogP contribution in [0.3, 0.4) is 0 Å². The van der Waals surface area contributed by atoms with Crippen LogP contribution in [0.4, 0.5) is 17.6 Å². The number of fused-ring (bicyclic) bond motifs is 6. The molecule has 11 rings (SSSR count). The Morgan fingerprint density at radius 1 is 0.515 bits per heavy atom. The summed E-state index contributed by atoms with van der Waals surface area (Å²) in [6, 6.07) is 44.6. The first-order chi connectivity index (χ1) is 35.9. The number of aryl methyl sites for hydroxylation is 4. The third-order valence-corrected chi connectivity index (χ3v) is 11.3. The van der Waals surface area contributed by atoms with Crippen molar-refractivity contribution in [3.05, 3.63) is 234 Å². The van der Waals surface area contributed by atoms with E-state index in [4.69, 9.17) is 4.98 Å². The summed E-state index contributed by atoms with van der Waals surface area (Å²) in [7, 11) is 0. The van der Waals surface area contributed by atoms with Gasteiger partial charge >= 0.3 is 20.1 Å². The second kappa shape index (κ2) is 18.9. The summed E-state index contributed by atoms with van der Waals surface area (Å²) in [5.41, 5.74) is 3.81. The average Bonchev–Trinajstić information content (AvgIpc) is 3.92. The maximum Gasteiger partial charge on any atom is 3.00 e. The normalized spacial score (nSPS) is 13.9. The van der Waals surface area contributed by atoms with Gasteiger partial charge in [0.05, 0.1) is 5.52 Å². The van der Waals surface area contributed by atoms with Crippen LogP contribution in [0.15, 0.2) is 170 Å². The number of hydrogen-bond donors (Lipinski definition) is 0. The zero-order valence-electron chi connectivity index (χ0n) is 43.2. The van der Waals surface area contributed by atoms with Gasteiger partial charge < -0.3 is 15.0 Å². The number of rotatable bonds is 11. The van der Waals surface area contributed by atoms with Gasteiger partial charge in [-0.15, -0.1) is 48.5 Å². The molecule has 0 radical (unpaired) electrons. The summed E-state index contributed by atoms with van der Waals surface area (Å²) < 4.78 is 135. The Morgan fingerprint density at radius 3 is 1.72 bits per heavy atom. The molecule has 0 saturated heterocycles. The van der Waals surface area contributed by atoms with Gasteiger partial charge in [-0.3, -0.25) is 22.1 Å². The van der Waals surface area contributed by atoms with Crippen molar-refractivity contribution in [1.29, 1.82) is 0 Å². The van der Waals surface area contributed by atoms with Gasteiger partial charge in [0.2, 0.25) is 0 Å².